The predicted octanol–water partition coefficient (Wildman–Crippen LogP) is -1.87. The first kappa shape index (κ1) is 29.8. The third-order valence-electron chi connectivity index (χ3n) is 5.56. The molecule has 2 rings (SSSR count). The number of aliphatic carboxylic acids is 1. The van der Waals surface area contributed by atoms with E-state index in [0.29, 0.717) is 12.1 Å². The van der Waals surface area contributed by atoms with Gasteiger partial charge in [-0.25, -0.2) is 9.78 Å². The van der Waals surface area contributed by atoms with Crippen LogP contribution in [-0.4, -0.2) is 75.4 Å². The Morgan fingerprint density at radius 3 is 2.29 bits per heavy atom. The maximum absolute atomic E-state index is 13.1. The van der Waals surface area contributed by atoms with Crippen LogP contribution < -0.4 is 33.2 Å². The lowest BCUT2D eigenvalue weighted by Crippen LogP contribution is -2.57. The minimum Gasteiger partial charge on any atom is -0.480 e. The van der Waals surface area contributed by atoms with Gasteiger partial charge >= 0.3 is 5.97 Å². The summed E-state index contributed by atoms with van der Waals surface area (Å²) in [6, 6.07) is 4.74. The summed E-state index contributed by atoms with van der Waals surface area (Å²) in [6.07, 6.45) is 3.75. The third-order valence-corrected chi connectivity index (χ3v) is 5.56. The molecule has 0 aliphatic heterocycles. The van der Waals surface area contributed by atoms with E-state index in [9.17, 15) is 24.3 Å². The van der Waals surface area contributed by atoms with Crippen LogP contribution in [0.5, 0.6) is 0 Å². The Kier molecular flexibility index (Phi) is 11.7. The van der Waals surface area contributed by atoms with Crippen LogP contribution in [0.3, 0.4) is 0 Å². The number of hydrogen-bond donors (Lipinski definition) is 8. The molecule has 4 unspecified atom stereocenters. The molecule has 1 aromatic heterocycles. The Hall–Kier alpha value is -4.46. The van der Waals surface area contributed by atoms with Gasteiger partial charge in [-0.3, -0.25) is 19.4 Å². The van der Waals surface area contributed by atoms with E-state index in [2.05, 4.69) is 30.9 Å². The van der Waals surface area contributed by atoms with E-state index in [1.807, 2.05) is 6.07 Å². The van der Waals surface area contributed by atoms with Crippen molar-refractivity contribution in [1.82, 2.24) is 25.9 Å². The Bertz CT molecular complexity index is 1090. The van der Waals surface area contributed by atoms with E-state index < -0.39 is 47.9 Å². The molecule has 0 saturated heterocycles. The van der Waals surface area contributed by atoms with Gasteiger partial charge in [0.05, 0.1) is 12.4 Å². The van der Waals surface area contributed by atoms with Crippen molar-refractivity contribution in [1.29, 1.82) is 0 Å². The maximum atomic E-state index is 13.1. The van der Waals surface area contributed by atoms with Gasteiger partial charge < -0.3 is 43.2 Å². The summed E-state index contributed by atoms with van der Waals surface area (Å²) in [5.74, 6) is -3.23. The van der Waals surface area contributed by atoms with Crippen LogP contribution in [0.4, 0.5) is 0 Å². The van der Waals surface area contributed by atoms with Crippen molar-refractivity contribution in [3.8, 4) is 0 Å². The number of aromatic amines is 1. The second-order valence-corrected chi connectivity index (χ2v) is 8.72. The molecule has 38 heavy (non-hydrogen) atoms. The summed E-state index contributed by atoms with van der Waals surface area (Å²) in [7, 11) is 0. The van der Waals surface area contributed by atoms with Gasteiger partial charge in [-0.1, -0.05) is 30.3 Å². The highest BCUT2D eigenvalue weighted by molar-refractivity contribution is 5.94. The van der Waals surface area contributed by atoms with Gasteiger partial charge in [0.25, 0.3) is 0 Å². The SMILES string of the molecule is CC(NC(=O)C(Cc1ccccc1)NC(=O)C(N)Cc1cnc[nH]1)C(=O)NC(CCCN=C(N)N)C(=O)O. The van der Waals surface area contributed by atoms with Crippen molar-refractivity contribution in [2.24, 2.45) is 22.2 Å². The number of aliphatic imine (C=N–C) groups is 1. The van der Waals surface area contributed by atoms with E-state index in [-0.39, 0.29) is 31.8 Å². The number of carboxylic acid groups (broad SMARTS) is 1. The number of nitrogens with one attached hydrogen (secondary N) is 4. The largest absolute Gasteiger partial charge is 0.480 e. The fraction of sp³-hybridized carbons (Fsp3) is 0.417. The highest BCUT2D eigenvalue weighted by Gasteiger charge is 2.28. The Morgan fingerprint density at radius 1 is 1.00 bits per heavy atom. The molecule has 0 aliphatic carbocycles. The van der Waals surface area contributed by atoms with Crippen LogP contribution in [-0.2, 0) is 32.0 Å². The van der Waals surface area contributed by atoms with Crippen molar-refractivity contribution < 1.29 is 24.3 Å². The highest BCUT2D eigenvalue weighted by Crippen LogP contribution is 2.06. The molecule has 14 nitrogen and oxygen atoms in total. The molecule has 0 aliphatic rings. The second-order valence-electron chi connectivity index (χ2n) is 8.72. The smallest absolute Gasteiger partial charge is 0.326 e. The summed E-state index contributed by atoms with van der Waals surface area (Å²) in [6.45, 7) is 1.62. The summed E-state index contributed by atoms with van der Waals surface area (Å²) >= 11 is 0. The number of carbonyl (C=O) groups excluding carboxylic acids is 3. The number of hydrogen-bond acceptors (Lipinski definition) is 7. The number of nitrogens with two attached hydrogens (primary N) is 3. The van der Waals surface area contributed by atoms with Crippen molar-refractivity contribution in [2.75, 3.05) is 6.54 Å². The quantitative estimate of drug-likeness (QED) is 0.0731. The first-order chi connectivity index (χ1) is 18.1. The van der Waals surface area contributed by atoms with Crippen LogP contribution in [0, 0.1) is 0 Å². The Morgan fingerprint density at radius 2 is 1.68 bits per heavy atom. The van der Waals surface area contributed by atoms with Gasteiger partial charge in [-0.15, -0.1) is 0 Å². The number of aromatic nitrogens is 2. The Labute approximate surface area is 219 Å². The molecule has 0 saturated carbocycles. The topological polar surface area (TPSA) is 244 Å². The zero-order valence-corrected chi connectivity index (χ0v) is 21.1. The molecule has 0 bridgehead atoms. The van der Waals surface area contributed by atoms with Crippen LogP contribution in [0.1, 0.15) is 31.0 Å². The molecule has 0 radical (unpaired) electrons. The summed E-state index contributed by atoms with van der Waals surface area (Å²) in [5.41, 5.74) is 18.0. The molecule has 4 atom stereocenters. The number of carbonyl (C=O) groups is 4. The van der Waals surface area contributed by atoms with Crippen LogP contribution in [0.25, 0.3) is 0 Å². The van der Waals surface area contributed by atoms with E-state index in [1.165, 1.54) is 13.3 Å². The fourth-order valence-corrected chi connectivity index (χ4v) is 3.50. The number of imidazole rings is 1. The monoisotopic (exact) mass is 529 g/mol. The van der Waals surface area contributed by atoms with Crippen molar-refractivity contribution in [3.05, 3.63) is 54.1 Å². The maximum Gasteiger partial charge on any atom is 0.326 e. The van der Waals surface area contributed by atoms with E-state index >= 15 is 0 Å². The number of nitrogens with zero attached hydrogens (tertiary/aromatic N) is 2. The standard InChI is InChI=1S/C24H35N9O5/c1-14(20(34)32-18(23(37)38)8-5-9-29-24(26)27)31-22(36)19(10-15-6-3-2-4-7-15)33-21(35)17(25)11-16-12-28-13-30-16/h2-4,6-7,12-14,17-19H,5,8-11,25H2,1H3,(H,28,30)(H,31,36)(H,32,34)(H,33,35)(H,37,38)(H4,26,27,29). The van der Waals surface area contributed by atoms with Crippen molar-refractivity contribution >= 4 is 29.7 Å². The molecule has 3 amide bonds. The lowest BCUT2D eigenvalue weighted by Gasteiger charge is -2.23. The number of rotatable bonds is 15. The van der Waals surface area contributed by atoms with Gasteiger partial charge in [0.1, 0.15) is 18.1 Å². The Balaban J connectivity index is 2.02. The first-order valence-electron chi connectivity index (χ1n) is 12.0. The van der Waals surface area contributed by atoms with Gasteiger partial charge in [0, 0.05) is 31.3 Å². The summed E-state index contributed by atoms with van der Waals surface area (Å²) < 4.78 is 0. The molecule has 0 fully saturated rings. The highest BCUT2D eigenvalue weighted by atomic mass is 16.4. The fourth-order valence-electron chi connectivity index (χ4n) is 3.50. The lowest BCUT2D eigenvalue weighted by atomic mass is 10.0. The average Bonchev–Trinajstić information content (AvgIpc) is 3.38. The molecule has 1 aromatic carbocycles. The number of amides is 3. The van der Waals surface area contributed by atoms with Crippen LogP contribution >= 0.6 is 0 Å². The molecular formula is C24H35N9O5. The van der Waals surface area contributed by atoms with Crippen molar-refractivity contribution in [2.45, 2.75) is 56.8 Å². The zero-order chi connectivity index (χ0) is 28.1. The first-order valence-corrected chi connectivity index (χ1v) is 12.0. The number of carboxylic acids is 1. The molecule has 14 heteroatoms. The predicted molar refractivity (Wildman–Crippen MR) is 139 cm³/mol. The van der Waals surface area contributed by atoms with Crippen LogP contribution in [0.15, 0.2) is 47.8 Å². The minimum atomic E-state index is -1.23. The number of guanidine groups is 1. The second kappa shape index (κ2) is 14.9. The average molecular weight is 530 g/mol. The molecule has 2 aromatic rings. The molecule has 206 valence electrons. The number of benzene rings is 1. The van der Waals surface area contributed by atoms with Gasteiger partial charge in [-0.05, 0) is 25.3 Å². The van der Waals surface area contributed by atoms with Gasteiger partial charge in [0.2, 0.25) is 17.7 Å². The van der Waals surface area contributed by atoms with E-state index in [0.717, 1.165) is 5.56 Å². The number of H-pyrrole nitrogens is 1. The molecule has 11 N–H and O–H groups in total. The molecule has 0 spiro atoms. The lowest BCUT2D eigenvalue weighted by molar-refractivity contribution is -0.142. The summed E-state index contributed by atoms with van der Waals surface area (Å²) in [5, 5.41) is 17.0. The summed E-state index contributed by atoms with van der Waals surface area (Å²) in [4.78, 5) is 60.6. The zero-order valence-electron chi connectivity index (χ0n) is 21.1. The van der Waals surface area contributed by atoms with Crippen molar-refractivity contribution in [3.63, 3.8) is 0 Å². The van der Waals surface area contributed by atoms with E-state index in [4.69, 9.17) is 17.2 Å². The van der Waals surface area contributed by atoms with Gasteiger partial charge in [0.15, 0.2) is 5.96 Å². The molecule has 1 heterocycles. The minimum absolute atomic E-state index is 0.0828. The normalized spacial score (nSPS) is 13.8. The van der Waals surface area contributed by atoms with Crippen LogP contribution in [0.2, 0.25) is 0 Å². The van der Waals surface area contributed by atoms with Gasteiger partial charge in [-0.2, -0.15) is 0 Å². The van der Waals surface area contributed by atoms with E-state index in [1.54, 1.807) is 30.5 Å². The third kappa shape index (κ3) is 10.3. The molecular weight excluding hydrogens is 494 g/mol.